The quantitative estimate of drug-likeness (QED) is 0.810. The van der Waals surface area contributed by atoms with Crippen LogP contribution in [-0.2, 0) is 11.3 Å². The molecule has 0 aromatic heterocycles. The van der Waals surface area contributed by atoms with E-state index >= 15 is 0 Å². The maximum absolute atomic E-state index is 13.7. The first-order valence-corrected chi connectivity index (χ1v) is 6.52. The molecule has 1 fully saturated rings. The van der Waals surface area contributed by atoms with E-state index in [1.54, 1.807) is 12.1 Å². The van der Waals surface area contributed by atoms with Crippen molar-refractivity contribution in [3.8, 4) is 0 Å². The van der Waals surface area contributed by atoms with Crippen molar-refractivity contribution >= 4 is 5.69 Å². The Hall–Kier alpha value is -1.17. The Bertz CT molecular complexity index is 413. The van der Waals surface area contributed by atoms with Gasteiger partial charge in [-0.3, -0.25) is 4.90 Å². The predicted molar refractivity (Wildman–Crippen MR) is 72.1 cm³/mol. The molecule has 5 heteroatoms. The normalized spacial score (nSPS) is 18.7. The highest BCUT2D eigenvalue weighted by Gasteiger charge is 2.31. The number of ether oxygens (including phenoxy) is 1. The van der Waals surface area contributed by atoms with Crippen LogP contribution in [0.2, 0.25) is 0 Å². The maximum atomic E-state index is 13.7. The Morgan fingerprint density at radius 1 is 1.42 bits per heavy atom. The fourth-order valence-corrected chi connectivity index (χ4v) is 2.48. The van der Waals surface area contributed by atoms with E-state index in [1.807, 2.05) is 11.9 Å². The molecule has 1 aromatic rings. The molecule has 1 aromatic carbocycles. The number of hydrogen-bond donors (Lipinski definition) is 2. The minimum Gasteiger partial charge on any atom is -0.398 e. The largest absolute Gasteiger partial charge is 0.398 e. The van der Waals surface area contributed by atoms with E-state index in [4.69, 9.17) is 10.5 Å². The van der Waals surface area contributed by atoms with Crippen molar-refractivity contribution in [2.45, 2.75) is 25.0 Å². The number of aliphatic hydroxyl groups is 1. The number of nitrogens with zero attached hydrogens (tertiary/aromatic N) is 1. The first-order chi connectivity index (χ1) is 9.00. The van der Waals surface area contributed by atoms with Gasteiger partial charge in [-0.25, -0.2) is 4.39 Å². The molecule has 1 aliphatic heterocycles. The summed E-state index contributed by atoms with van der Waals surface area (Å²) in [5.74, 6) is -0.300. The number of benzene rings is 1. The van der Waals surface area contributed by atoms with E-state index in [0.29, 0.717) is 50.4 Å². The van der Waals surface area contributed by atoms with Gasteiger partial charge in [0.05, 0.1) is 5.60 Å². The van der Waals surface area contributed by atoms with Gasteiger partial charge in [-0.05, 0) is 19.2 Å². The van der Waals surface area contributed by atoms with Gasteiger partial charge in [-0.2, -0.15) is 0 Å². The van der Waals surface area contributed by atoms with Gasteiger partial charge >= 0.3 is 0 Å². The van der Waals surface area contributed by atoms with Crippen LogP contribution in [-0.4, -0.2) is 42.4 Å². The minimum absolute atomic E-state index is 0.300. The third kappa shape index (κ3) is 3.65. The predicted octanol–water partition coefficient (Wildman–Crippen LogP) is 1.38. The molecule has 0 bridgehead atoms. The number of anilines is 1. The summed E-state index contributed by atoms with van der Waals surface area (Å²) in [5, 5.41) is 10.4. The van der Waals surface area contributed by atoms with Crippen molar-refractivity contribution in [1.82, 2.24) is 4.90 Å². The molecule has 0 atom stereocenters. The lowest BCUT2D eigenvalue weighted by Gasteiger charge is -2.35. The molecular weight excluding hydrogens is 247 g/mol. The molecule has 106 valence electrons. The van der Waals surface area contributed by atoms with Crippen molar-refractivity contribution in [2.75, 3.05) is 32.5 Å². The number of halogens is 1. The summed E-state index contributed by atoms with van der Waals surface area (Å²) in [6.07, 6.45) is 1.23. The molecule has 3 N–H and O–H groups in total. The second-order valence-corrected chi connectivity index (χ2v) is 5.32. The molecular formula is C14H21FN2O2. The van der Waals surface area contributed by atoms with Crippen molar-refractivity contribution < 1.29 is 14.2 Å². The third-order valence-electron chi connectivity index (χ3n) is 3.57. The maximum Gasteiger partial charge on any atom is 0.129 e. The first-order valence-electron chi connectivity index (χ1n) is 6.52. The molecule has 0 spiro atoms. The Kier molecular flexibility index (Phi) is 4.39. The van der Waals surface area contributed by atoms with Crippen LogP contribution in [0.3, 0.4) is 0 Å². The van der Waals surface area contributed by atoms with Crippen LogP contribution in [0.15, 0.2) is 18.2 Å². The first kappa shape index (κ1) is 14.2. The van der Waals surface area contributed by atoms with Gasteiger partial charge in [0, 0.05) is 50.4 Å². The van der Waals surface area contributed by atoms with Gasteiger partial charge in [0.15, 0.2) is 0 Å². The van der Waals surface area contributed by atoms with Crippen LogP contribution in [0.25, 0.3) is 0 Å². The molecule has 0 aliphatic carbocycles. The molecule has 1 aliphatic rings. The van der Waals surface area contributed by atoms with E-state index in [9.17, 15) is 9.50 Å². The second-order valence-electron chi connectivity index (χ2n) is 5.32. The SMILES string of the molecule is CN(Cc1c(N)cccc1F)CC1(O)CCOCC1. The smallest absolute Gasteiger partial charge is 0.129 e. The van der Waals surface area contributed by atoms with Crippen LogP contribution in [0.5, 0.6) is 0 Å². The number of hydrogen-bond acceptors (Lipinski definition) is 4. The van der Waals surface area contributed by atoms with Crippen molar-refractivity contribution in [3.05, 3.63) is 29.6 Å². The number of likely N-dealkylation sites (N-methyl/N-ethyl adjacent to an activating group) is 1. The van der Waals surface area contributed by atoms with E-state index < -0.39 is 5.60 Å². The van der Waals surface area contributed by atoms with Crippen molar-refractivity contribution in [1.29, 1.82) is 0 Å². The molecule has 1 saturated heterocycles. The van der Waals surface area contributed by atoms with Crippen molar-refractivity contribution in [3.63, 3.8) is 0 Å². The fraction of sp³-hybridized carbons (Fsp3) is 0.571. The lowest BCUT2D eigenvalue weighted by atomic mass is 9.94. The van der Waals surface area contributed by atoms with Crippen LogP contribution in [0.4, 0.5) is 10.1 Å². The zero-order valence-corrected chi connectivity index (χ0v) is 11.2. The topological polar surface area (TPSA) is 58.7 Å². The number of rotatable bonds is 4. The van der Waals surface area contributed by atoms with Crippen molar-refractivity contribution in [2.24, 2.45) is 0 Å². The van der Waals surface area contributed by atoms with Crippen LogP contribution in [0, 0.1) is 5.82 Å². The lowest BCUT2D eigenvalue weighted by Crippen LogP contribution is -2.45. The summed E-state index contributed by atoms with van der Waals surface area (Å²) < 4.78 is 18.9. The number of nitrogen functional groups attached to an aromatic ring is 1. The Balaban J connectivity index is 1.99. The average molecular weight is 268 g/mol. The third-order valence-corrected chi connectivity index (χ3v) is 3.57. The van der Waals surface area contributed by atoms with Gasteiger partial charge in [0.25, 0.3) is 0 Å². The molecule has 0 radical (unpaired) electrons. The lowest BCUT2D eigenvalue weighted by molar-refractivity contribution is -0.0778. The standard InChI is InChI=1S/C14H21FN2O2/c1-17(10-14(18)5-7-19-8-6-14)9-11-12(15)3-2-4-13(11)16/h2-4,18H,5-10,16H2,1H3. The summed E-state index contributed by atoms with van der Waals surface area (Å²) in [7, 11) is 1.86. The van der Waals surface area contributed by atoms with Gasteiger partial charge in [0.2, 0.25) is 0 Å². The highest BCUT2D eigenvalue weighted by Crippen LogP contribution is 2.23. The molecule has 1 heterocycles. The average Bonchev–Trinajstić information content (AvgIpc) is 2.34. The fourth-order valence-electron chi connectivity index (χ4n) is 2.48. The monoisotopic (exact) mass is 268 g/mol. The summed E-state index contributed by atoms with van der Waals surface area (Å²) in [6.45, 7) is 2.03. The van der Waals surface area contributed by atoms with E-state index in [0.717, 1.165) is 0 Å². The van der Waals surface area contributed by atoms with Crippen LogP contribution >= 0.6 is 0 Å². The Morgan fingerprint density at radius 3 is 2.74 bits per heavy atom. The van der Waals surface area contributed by atoms with Gasteiger partial charge < -0.3 is 15.6 Å². The zero-order chi connectivity index (χ0) is 13.9. The van der Waals surface area contributed by atoms with Crippen LogP contribution in [0.1, 0.15) is 18.4 Å². The van der Waals surface area contributed by atoms with Gasteiger partial charge in [-0.1, -0.05) is 6.07 Å². The molecule has 0 unspecified atom stereocenters. The van der Waals surface area contributed by atoms with E-state index in [-0.39, 0.29) is 5.82 Å². The Labute approximate surface area is 113 Å². The summed E-state index contributed by atoms with van der Waals surface area (Å²) >= 11 is 0. The van der Waals surface area contributed by atoms with E-state index in [2.05, 4.69) is 0 Å². The zero-order valence-electron chi connectivity index (χ0n) is 11.2. The molecule has 0 amide bonds. The highest BCUT2D eigenvalue weighted by molar-refractivity contribution is 5.47. The van der Waals surface area contributed by atoms with Gasteiger partial charge in [0.1, 0.15) is 5.82 Å². The molecule has 0 saturated carbocycles. The molecule has 4 nitrogen and oxygen atoms in total. The van der Waals surface area contributed by atoms with E-state index in [1.165, 1.54) is 6.07 Å². The van der Waals surface area contributed by atoms with Crippen LogP contribution < -0.4 is 5.73 Å². The second kappa shape index (κ2) is 5.86. The summed E-state index contributed by atoms with van der Waals surface area (Å²) in [5.41, 5.74) is 5.98. The number of nitrogens with two attached hydrogens (primary N) is 1. The molecule has 19 heavy (non-hydrogen) atoms. The molecule has 2 rings (SSSR count). The highest BCUT2D eigenvalue weighted by atomic mass is 19.1. The minimum atomic E-state index is -0.743. The summed E-state index contributed by atoms with van der Waals surface area (Å²) in [6, 6.07) is 4.69. The summed E-state index contributed by atoms with van der Waals surface area (Å²) in [4.78, 5) is 1.90. The van der Waals surface area contributed by atoms with Gasteiger partial charge in [-0.15, -0.1) is 0 Å². The Morgan fingerprint density at radius 2 is 2.11 bits per heavy atom.